The van der Waals surface area contributed by atoms with E-state index in [2.05, 4.69) is 218 Å². The van der Waals surface area contributed by atoms with Crippen molar-refractivity contribution in [3.05, 3.63) is 241 Å². The van der Waals surface area contributed by atoms with Gasteiger partial charge in [-0.05, 0) is 144 Å². The van der Waals surface area contributed by atoms with Crippen molar-refractivity contribution in [2.24, 2.45) is 0 Å². The number of hydrogen-bond acceptors (Lipinski definition) is 0. The third kappa shape index (κ3) is 4.24. The van der Waals surface area contributed by atoms with Crippen LogP contribution >= 0.6 is 0 Å². The van der Waals surface area contributed by atoms with Crippen LogP contribution < -0.4 is 0 Å². The molecule has 0 heterocycles. The van der Waals surface area contributed by atoms with Crippen LogP contribution in [0.2, 0.25) is 0 Å². The molecule has 14 rings (SSSR count). The zero-order chi connectivity index (χ0) is 39.8. The molecule has 280 valence electrons. The molecule has 0 amide bonds. The number of benzene rings is 12. The zero-order valence-corrected chi connectivity index (χ0v) is 33.3. The average molecular weight is 769 g/mol. The number of hydrogen-bond donors (Lipinski definition) is 0. The van der Waals surface area contributed by atoms with Gasteiger partial charge >= 0.3 is 0 Å². The fraction of sp³-hybridized carbons (Fsp3) is 0.0164. The van der Waals surface area contributed by atoms with E-state index in [-0.39, 0.29) is 0 Å². The monoisotopic (exact) mass is 768 g/mol. The first-order valence-corrected chi connectivity index (χ1v) is 21.4. The van der Waals surface area contributed by atoms with E-state index in [1.807, 2.05) is 0 Å². The Morgan fingerprint density at radius 3 is 1.26 bits per heavy atom. The highest BCUT2D eigenvalue weighted by Gasteiger charge is 2.54. The Hall–Kier alpha value is -7.80. The van der Waals surface area contributed by atoms with Crippen LogP contribution in [0.4, 0.5) is 0 Å². The van der Waals surface area contributed by atoms with Crippen LogP contribution in [0.25, 0.3) is 109 Å². The smallest absolute Gasteiger partial charge is 0.0619 e. The maximum absolute atomic E-state index is 2.47. The van der Waals surface area contributed by atoms with Crippen LogP contribution in [-0.4, -0.2) is 0 Å². The van der Waals surface area contributed by atoms with E-state index >= 15 is 0 Å². The summed E-state index contributed by atoms with van der Waals surface area (Å²) in [7, 11) is 0. The molecule has 2 aliphatic rings. The summed E-state index contributed by atoms with van der Waals surface area (Å²) < 4.78 is 0. The maximum Gasteiger partial charge on any atom is 0.0738 e. The minimum atomic E-state index is -0.518. The Labute approximate surface area is 353 Å². The van der Waals surface area contributed by atoms with Gasteiger partial charge in [-0.2, -0.15) is 0 Å². The minimum Gasteiger partial charge on any atom is -0.0619 e. The summed E-state index contributed by atoms with van der Waals surface area (Å²) >= 11 is 0. The van der Waals surface area contributed by atoms with E-state index < -0.39 is 5.41 Å². The summed E-state index contributed by atoms with van der Waals surface area (Å²) in [6.45, 7) is 0. The summed E-state index contributed by atoms with van der Waals surface area (Å²) in [6, 6.07) is 82.3. The minimum absolute atomic E-state index is 0.518. The molecular weight excluding hydrogens is 733 g/mol. The molecule has 0 fully saturated rings. The molecule has 0 heteroatoms. The van der Waals surface area contributed by atoms with Crippen molar-refractivity contribution >= 4 is 64.6 Å². The van der Waals surface area contributed by atoms with Gasteiger partial charge in [0.2, 0.25) is 0 Å². The van der Waals surface area contributed by atoms with Crippen LogP contribution in [0.3, 0.4) is 0 Å². The lowest BCUT2D eigenvalue weighted by molar-refractivity contribution is 0.810. The van der Waals surface area contributed by atoms with Crippen molar-refractivity contribution in [2.75, 3.05) is 0 Å². The third-order valence-corrected chi connectivity index (χ3v) is 14.2. The predicted octanol–water partition coefficient (Wildman–Crippen LogP) is 16.3. The predicted molar refractivity (Wildman–Crippen MR) is 259 cm³/mol. The highest BCUT2D eigenvalue weighted by molar-refractivity contribution is 6.27. The summed E-state index contributed by atoms with van der Waals surface area (Å²) in [4.78, 5) is 0. The lowest BCUT2D eigenvalue weighted by Gasteiger charge is -2.33. The van der Waals surface area contributed by atoms with Crippen LogP contribution in [-0.2, 0) is 5.41 Å². The molecule has 12 aromatic rings. The quantitative estimate of drug-likeness (QED) is 0.154. The second-order valence-corrected chi connectivity index (χ2v) is 17.0. The number of fused-ring (bicyclic) bond motifs is 23. The molecule has 0 aliphatic heterocycles. The molecule has 0 N–H and O–H groups in total. The van der Waals surface area contributed by atoms with Crippen molar-refractivity contribution in [3.8, 4) is 44.5 Å². The van der Waals surface area contributed by atoms with Gasteiger partial charge < -0.3 is 0 Å². The summed E-state index contributed by atoms with van der Waals surface area (Å²) in [5, 5.41) is 15.6. The van der Waals surface area contributed by atoms with Crippen molar-refractivity contribution in [3.63, 3.8) is 0 Å². The Morgan fingerprint density at radius 1 is 0.230 bits per heavy atom. The fourth-order valence-corrected chi connectivity index (χ4v) is 11.8. The molecule has 0 atom stereocenters. The van der Waals surface area contributed by atoms with E-state index in [9.17, 15) is 0 Å². The molecule has 0 aromatic heterocycles. The van der Waals surface area contributed by atoms with Crippen LogP contribution in [0, 0.1) is 0 Å². The first kappa shape index (κ1) is 33.1. The fourth-order valence-electron chi connectivity index (χ4n) is 11.8. The van der Waals surface area contributed by atoms with E-state index in [4.69, 9.17) is 0 Å². The lowest BCUT2D eigenvalue weighted by Crippen LogP contribution is -2.26. The van der Waals surface area contributed by atoms with Crippen LogP contribution in [0.5, 0.6) is 0 Å². The zero-order valence-electron chi connectivity index (χ0n) is 33.3. The largest absolute Gasteiger partial charge is 0.0738 e. The van der Waals surface area contributed by atoms with E-state index in [1.54, 1.807) is 0 Å². The van der Waals surface area contributed by atoms with Gasteiger partial charge in [0, 0.05) is 0 Å². The van der Waals surface area contributed by atoms with Crippen molar-refractivity contribution < 1.29 is 0 Å². The van der Waals surface area contributed by atoms with Gasteiger partial charge in [0.15, 0.2) is 0 Å². The highest BCUT2D eigenvalue weighted by atomic mass is 14.5. The summed E-state index contributed by atoms with van der Waals surface area (Å²) in [5.74, 6) is 0. The maximum atomic E-state index is 2.47. The lowest BCUT2D eigenvalue weighted by atomic mass is 9.68. The highest BCUT2D eigenvalue weighted by Crippen LogP contribution is 2.67. The first-order chi connectivity index (χ1) is 30.3. The summed E-state index contributed by atoms with van der Waals surface area (Å²) in [6.07, 6.45) is 0. The Balaban J connectivity index is 1.07. The Morgan fingerprint density at radius 2 is 0.639 bits per heavy atom. The molecule has 0 unspecified atom stereocenters. The van der Waals surface area contributed by atoms with Crippen molar-refractivity contribution in [1.82, 2.24) is 0 Å². The second-order valence-electron chi connectivity index (χ2n) is 17.0. The van der Waals surface area contributed by atoms with E-state index in [1.165, 1.54) is 131 Å². The molecule has 0 bridgehead atoms. The van der Waals surface area contributed by atoms with Crippen LogP contribution in [0.15, 0.2) is 218 Å². The van der Waals surface area contributed by atoms with Crippen molar-refractivity contribution in [2.45, 2.75) is 5.41 Å². The molecule has 0 radical (unpaired) electrons. The topological polar surface area (TPSA) is 0 Å². The average Bonchev–Trinajstić information content (AvgIpc) is 3.82. The van der Waals surface area contributed by atoms with Gasteiger partial charge in [0.25, 0.3) is 0 Å². The second kappa shape index (κ2) is 12.1. The molecule has 0 saturated carbocycles. The molecule has 0 nitrogen and oxygen atoms in total. The van der Waals surface area contributed by atoms with Gasteiger partial charge in [0.05, 0.1) is 5.41 Å². The Kier molecular flexibility index (Phi) is 6.58. The first-order valence-electron chi connectivity index (χ1n) is 21.4. The van der Waals surface area contributed by atoms with Gasteiger partial charge in [-0.1, -0.05) is 206 Å². The van der Waals surface area contributed by atoms with Gasteiger partial charge in [-0.3, -0.25) is 0 Å². The molecule has 0 saturated heterocycles. The normalized spacial score (nSPS) is 13.4. The molecular formula is C61H36. The van der Waals surface area contributed by atoms with Gasteiger partial charge in [0.1, 0.15) is 0 Å². The van der Waals surface area contributed by atoms with Gasteiger partial charge in [-0.25, -0.2) is 0 Å². The third-order valence-electron chi connectivity index (χ3n) is 14.2. The molecule has 12 aromatic carbocycles. The Bertz CT molecular complexity index is 3820. The van der Waals surface area contributed by atoms with E-state index in [0.29, 0.717) is 0 Å². The van der Waals surface area contributed by atoms with Crippen molar-refractivity contribution in [1.29, 1.82) is 0 Å². The molecule has 2 aliphatic carbocycles. The van der Waals surface area contributed by atoms with E-state index in [0.717, 1.165) is 0 Å². The standard InChI is InChI=1S/C61H36/c1-2-16-41-40(15-1)36-53(45-20-4-3-17-42(41)45)38-31-29-37(30-32-38)39-33-34-52-54(35-39)46-21-6-9-25-50(46)58-57-49-24-8-5-18-43(49)44-19-7-10-26-51(44)59(57)61(60(52)58)55-27-13-11-22-47(55)48-23-12-14-28-56(48)61/h1-36H. The molecule has 1 spiro atoms. The molecule has 61 heavy (non-hydrogen) atoms. The SMILES string of the molecule is c1ccc2c(c1)-c1ccccc1C21c2c(c3ccccc3c3ccccc23)-c2c1c1ccc(-c3ccc(-c4cc5ccccc5c5ccccc45)cc3)cc1c1ccccc21. The summed E-state index contributed by atoms with van der Waals surface area (Å²) in [5.41, 5.74) is 15.4. The van der Waals surface area contributed by atoms with Gasteiger partial charge in [-0.15, -0.1) is 0 Å². The van der Waals surface area contributed by atoms with Crippen LogP contribution in [0.1, 0.15) is 22.3 Å². The number of rotatable bonds is 2.